The van der Waals surface area contributed by atoms with Crippen molar-refractivity contribution in [2.75, 3.05) is 7.05 Å². The number of benzene rings is 1. The first-order valence-electron chi connectivity index (χ1n) is 8.14. The number of rotatable bonds is 6. The molecule has 0 heterocycles. The highest BCUT2D eigenvalue weighted by Gasteiger charge is 2.26. The molecular weight excluding hydrogens is 266 g/mol. The van der Waals surface area contributed by atoms with Crippen LogP contribution in [0.2, 0.25) is 5.02 Å². The van der Waals surface area contributed by atoms with Crippen LogP contribution in [0, 0.1) is 11.8 Å². The summed E-state index contributed by atoms with van der Waals surface area (Å²) in [6, 6.07) is 8.94. The van der Waals surface area contributed by atoms with Crippen molar-refractivity contribution in [1.82, 2.24) is 5.32 Å². The standard InChI is InChI=1S/C18H28ClN/c1-3-4-14-5-9-16(10-6-14)18(20-2)13-15-7-11-17(19)12-8-15/h7-8,11-12,14,16,18,20H,3-6,9-10,13H2,1-2H3. The van der Waals surface area contributed by atoms with Crippen LogP contribution in [-0.4, -0.2) is 13.1 Å². The summed E-state index contributed by atoms with van der Waals surface area (Å²) in [6.45, 7) is 2.31. The van der Waals surface area contributed by atoms with Gasteiger partial charge in [0.15, 0.2) is 0 Å². The fourth-order valence-corrected chi connectivity index (χ4v) is 3.79. The van der Waals surface area contributed by atoms with E-state index < -0.39 is 0 Å². The van der Waals surface area contributed by atoms with Crippen LogP contribution in [0.5, 0.6) is 0 Å². The number of likely N-dealkylation sites (N-methyl/N-ethyl adjacent to an activating group) is 1. The van der Waals surface area contributed by atoms with Gasteiger partial charge in [-0.1, -0.05) is 56.3 Å². The normalized spacial score (nSPS) is 24.6. The van der Waals surface area contributed by atoms with E-state index in [2.05, 4.69) is 31.4 Å². The summed E-state index contributed by atoms with van der Waals surface area (Å²) in [5.41, 5.74) is 1.39. The number of halogens is 1. The van der Waals surface area contributed by atoms with E-state index in [-0.39, 0.29) is 0 Å². The van der Waals surface area contributed by atoms with Gasteiger partial charge in [0.05, 0.1) is 0 Å². The molecule has 20 heavy (non-hydrogen) atoms. The molecule has 1 fully saturated rings. The van der Waals surface area contributed by atoms with Crippen LogP contribution >= 0.6 is 11.6 Å². The molecular formula is C18H28ClN. The molecule has 1 saturated carbocycles. The second kappa shape index (κ2) is 8.05. The Morgan fingerprint density at radius 3 is 2.35 bits per heavy atom. The first kappa shape index (κ1) is 15.9. The zero-order chi connectivity index (χ0) is 14.4. The molecule has 0 radical (unpaired) electrons. The van der Waals surface area contributed by atoms with Gasteiger partial charge >= 0.3 is 0 Å². The summed E-state index contributed by atoms with van der Waals surface area (Å²) in [6.07, 6.45) is 9.53. The molecule has 1 aromatic carbocycles. The highest BCUT2D eigenvalue weighted by molar-refractivity contribution is 6.30. The molecule has 1 aromatic rings. The lowest BCUT2D eigenvalue weighted by molar-refractivity contribution is 0.217. The minimum absolute atomic E-state index is 0.610. The molecule has 0 saturated heterocycles. The molecule has 1 unspecified atom stereocenters. The highest BCUT2D eigenvalue weighted by atomic mass is 35.5. The van der Waals surface area contributed by atoms with Gasteiger partial charge in [0.2, 0.25) is 0 Å². The molecule has 112 valence electrons. The van der Waals surface area contributed by atoms with Crippen molar-refractivity contribution in [2.45, 2.75) is 57.9 Å². The van der Waals surface area contributed by atoms with Gasteiger partial charge in [-0.2, -0.15) is 0 Å². The van der Waals surface area contributed by atoms with Crippen LogP contribution in [0.4, 0.5) is 0 Å². The Morgan fingerprint density at radius 2 is 1.80 bits per heavy atom. The lowest BCUT2D eigenvalue weighted by Crippen LogP contribution is -2.37. The van der Waals surface area contributed by atoms with Crippen molar-refractivity contribution in [2.24, 2.45) is 11.8 Å². The van der Waals surface area contributed by atoms with E-state index >= 15 is 0 Å². The van der Waals surface area contributed by atoms with E-state index in [4.69, 9.17) is 11.6 Å². The zero-order valence-electron chi connectivity index (χ0n) is 12.9. The summed E-state index contributed by atoms with van der Waals surface area (Å²) < 4.78 is 0. The smallest absolute Gasteiger partial charge is 0.0406 e. The molecule has 1 aliphatic carbocycles. The van der Waals surface area contributed by atoms with Crippen molar-refractivity contribution < 1.29 is 0 Å². The van der Waals surface area contributed by atoms with E-state index in [9.17, 15) is 0 Å². The topological polar surface area (TPSA) is 12.0 Å². The predicted molar refractivity (Wildman–Crippen MR) is 88.4 cm³/mol. The highest BCUT2D eigenvalue weighted by Crippen LogP contribution is 2.34. The molecule has 1 atom stereocenters. The van der Waals surface area contributed by atoms with Gasteiger partial charge in [0, 0.05) is 11.1 Å². The van der Waals surface area contributed by atoms with Gasteiger partial charge in [0.1, 0.15) is 0 Å². The third-order valence-electron chi connectivity index (χ3n) is 4.90. The average molecular weight is 294 g/mol. The summed E-state index contributed by atoms with van der Waals surface area (Å²) in [7, 11) is 2.11. The molecule has 2 rings (SSSR count). The molecule has 0 spiro atoms. The van der Waals surface area contributed by atoms with Crippen molar-refractivity contribution in [3.05, 3.63) is 34.9 Å². The number of nitrogens with one attached hydrogen (secondary N) is 1. The first-order chi connectivity index (χ1) is 9.72. The Kier molecular flexibility index (Phi) is 6.38. The Balaban J connectivity index is 1.87. The molecule has 0 bridgehead atoms. The van der Waals surface area contributed by atoms with Crippen molar-refractivity contribution in [1.29, 1.82) is 0 Å². The fraction of sp³-hybridized carbons (Fsp3) is 0.667. The zero-order valence-corrected chi connectivity index (χ0v) is 13.6. The van der Waals surface area contributed by atoms with E-state index in [1.165, 1.54) is 44.1 Å². The Labute approximate surface area is 129 Å². The monoisotopic (exact) mass is 293 g/mol. The molecule has 1 nitrogen and oxygen atoms in total. The summed E-state index contributed by atoms with van der Waals surface area (Å²) in [5.74, 6) is 1.83. The molecule has 2 heteroatoms. The largest absolute Gasteiger partial charge is 0.316 e. The van der Waals surface area contributed by atoms with Crippen molar-refractivity contribution in [3.8, 4) is 0 Å². The fourth-order valence-electron chi connectivity index (χ4n) is 3.67. The molecule has 1 aliphatic rings. The SMILES string of the molecule is CCCC1CCC(C(Cc2ccc(Cl)cc2)NC)CC1. The molecule has 0 aliphatic heterocycles. The van der Waals surface area contributed by atoms with Crippen molar-refractivity contribution >= 4 is 11.6 Å². The van der Waals surface area contributed by atoms with Crippen LogP contribution in [0.1, 0.15) is 51.0 Å². The quantitative estimate of drug-likeness (QED) is 0.771. The minimum atomic E-state index is 0.610. The van der Waals surface area contributed by atoms with Crippen LogP contribution in [-0.2, 0) is 6.42 Å². The van der Waals surface area contributed by atoms with Gasteiger partial charge in [0.25, 0.3) is 0 Å². The van der Waals surface area contributed by atoms with Gasteiger partial charge in [-0.15, -0.1) is 0 Å². The Hall–Kier alpha value is -0.530. The molecule has 0 amide bonds. The Morgan fingerprint density at radius 1 is 1.15 bits per heavy atom. The summed E-state index contributed by atoms with van der Waals surface area (Å²) in [5, 5.41) is 4.38. The predicted octanol–water partition coefficient (Wildman–Crippen LogP) is 5.08. The third-order valence-corrected chi connectivity index (χ3v) is 5.15. The van der Waals surface area contributed by atoms with Gasteiger partial charge in [-0.05, 0) is 55.8 Å². The maximum absolute atomic E-state index is 5.96. The van der Waals surface area contributed by atoms with E-state index in [1.807, 2.05) is 12.1 Å². The van der Waals surface area contributed by atoms with Gasteiger partial charge in [-0.3, -0.25) is 0 Å². The van der Waals surface area contributed by atoms with Crippen LogP contribution in [0.3, 0.4) is 0 Å². The van der Waals surface area contributed by atoms with Crippen molar-refractivity contribution in [3.63, 3.8) is 0 Å². The van der Waals surface area contributed by atoms with Gasteiger partial charge < -0.3 is 5.32 Å². The van der Waals surface area contributed by atoms with Crippen LogP contribution < -0.4 is 5.32 Å². The number of hydrogen-bond donors (Lipinski definition) is 1. The maximum Gasteiger partial charge on any atom is 0.0406 e. The van der Waals surface area contributed by atoms with E-state index in [1.54, 1.807) is 0 Å². The maximum atomic E-state index is 5.96. The second-order valence-corrected chi connectivity index (χ2v) is 6.73. The molecule has 1 N–H and O–H groups in total. The van der Waals surface area contributed by atoms with Crippen LogP contribution in [0.15, 0.2) is 24.3 Å². The average Bonchev–Trinajstić information content (AvgIpc) is 2.48. The second-order valence-electron chi connectivity index (χ2n) is 6.30. The third kappa shape index (κ3) is 4.49. The Bertz CT molecular complexity index is 379. The lowest BCUT2D eigenvalue weighted by atomic mass is 9.76. The molecule has 0 aromatic heterocycles. The van der Waals surface area contributed by atoms with Gasteiger partial charge in [-0.25, -0.2) is 0 Å². The minimum Gasteiger partial charge on any atom is -0.316 e. The van der Waals surface area contributed by atoms with E-state index in [0.29, 0.717) is 6.04 Å². The summed E-state index contributed by atoms with van der Waals surface area (Å²) in [4.78, 5) is 0. The lowest BCUT2D eigenvalue weighted by Gasteiger charge is -2.34. The number of hydrogen-bond acceptors (Lipinski definition) is 1. The summed E-state index contributed by atoms with van der Waals surface area (Å²) >= 11 is 5.96. The first-order valence-corrected chi connectivity index (χ1v) is 8.52. The van der Waals surface area contributed by atoms with Crippen LogP contribution in [0.25, 0.3) is 0 Å². The van der Waals surface area contributed by atoms with E-state index in [0.717, 1.165) is 23.3 Å².